The Morgan fingerprint density at radius 2 is 1.82 bits per heavy atom. The summed E-state index contributed by atoms with van der Waals surface area (Å²) >= 11 is 0. The molecule has 2 aromatic heterocycles. The predicted molar refractivity (Wildman–Crippen MR) is 104 cm³/mol. The van der Waals surface area contributed by atoms with Gasteiger partial charge in [-0.3, -0.25) is 13.8 Å². The van der Waals surface area contributed by atoms with E-state index in [0.29, 0.717) is 22.3 Å². The fraction of sp³-hybridized carbons (Fsp3) is 0.150. The number of hydrogen-bond acceptors (Lipinski definition) is 6. The number of nitrogens with zero attached hydrogens (tertiary/aromatic N) is 6. The third-order valence-corrected chi connectivity index (χ3v) is 5.19. The van der Waals surface area contributed by atoms with E-state index in [0.717, 1.165) is 5.52 Å². The molecular formula is C20H16N6O2. The zero-order valence-electron chi connectivity index (χ0n) is 15.0. The third-order valence-electron chi connectivity index (χ3n) is 5.19. The molecule has 5 rings (SSSR count). The highest BCUT2D eigenvalue weighted by Gasteiger charge is 2.46. The van der Waals surface area contributed by atoms with E-state index in [-0.39, 0.29) is 5.56 Å². The van der Waals surface area contributed by atoms with Crippen LogP contribution in [0.5, 0.6) is 0 Å². The quantitative estimate of drug-likeness (QED) is 0.598. The number of aliphatic hydroxyl groups is 1. The summed E-state index contributed by atoms with van der Waals surface area (Å²) in [6, 6.07) is 16.5. The zero-order valence-corrected chi connectivity index (χ0v) is 15.0. The zero-order chi connectivity index (χ0) is 19.3. The molecule has 0 saturated heterocycles. The second-order valence-corrected chi connectivity index (χ2v) is 6.74. The molecule has 138 valence electrons. The van der Waals surface area contributed by atoms with Crippen molar-refractivity contribution < 1.29 is 5.11 Å². The predicted octanol–water partition coefficient (Wildman–Crippen LogP) is 2.57. The van der Waals surface area contributed by atoms with Crippen LogP contribution in [-0.2, 0) is 12.6 Å². The van der Waals surface area contributed by atoms with Gasteiger partial charge >= 0.3 is 0 Å². The molecule has 0 radical (unpaired) electrons. The van der Waals surface area contributed by atoms with Crippen molar-refractivity contribution in [3.63, 3.8) is 0 Å². The number of benzene rings is 2. The molecule has 4 aromatic rings. The van der Waals surface area contributed by atoms with E-state index in [9.17, 15) is 9.90 Å². The van der Waals surface area contributed by atoms with Crippen LogP contribution in [0.4, 0.5) is 0 Å². The average Bonchev–Trinajstić information content (AvgIpc) is 3.40. The Hall–Kier alpha value is -3.65. The summed E-state index contributed by atoms with van der Waals surface area (Å²) in [6.07, 6.45) is 2.05. The minimum Gasteiger partial charge on any atom is -0.385 e. The highest BCUT2D eigenvalue weighted by molar-refractivity contribution is 5.84. The van der Waals surface area contributed by atoms with Crippen LogP contribution in [0.2, 0.25) is 0 Å². The van der Waals surface area contributed by atoms with E-state index >= 15 is 0 Å². The summed E-state index contributed by atoms with van der Waals surface area (Å²) in [5.41, 5.74) is 0.867. The van der Waals surface area contributed by atoms with Crippen LogP contribution in [0.1, 0.15) is 17.4 Å². The maximum absolute atomic E-state index is 12.9. The van der Waals surface area contributed by atoms with Crippen LogP contribution in [0, 0.1) is 0 Å². The molecule has 8 nitrogen and oxygen atoms in total. The molecule has 0 spiro atoms. The number of imidazole rings is 1. The first-order valence-electron chi connectivity index (χ1n) is 8.78. The molecule has 3 heterocycles. The second-order valence-electron chi connectivity index (χ2n) is 6.74. The van der Waals surface area contributed by atoms with Crippen LogP contribution in [0.25, 0.3) is 16.6 Å². The standard InChI is InChI=1S/C20H16N6O2/c1-25-18-16(21-12-26(18)15-10-6-5-9-14(15)19(25)28)20(11-22-24-23-20)17(27)13-7-3-2-4-8-13/h2-12,17,27H,1H3. The third kappa shape index (κ3) is 2.12. The lowest BCUT2D eigenvalue weighted by Gasteiger charge is -2.26. The van der Waals surface area contributed by atoms with E-state index in [1.807, 2.05) is 40.8 Å². The number of para-hydroxylation sites is 1. The second kappa shape index (κ2) is 5.93. The van der Waals surface area contributed by atoms with Gasteiger partial charge in [0.15, 0.2) is 5.54 Å². The molecule has 2 unspecified atom stereocenters. The largest absolute Gasteiger partial charge is 0.385 e. The molecule has 1 aliphatic rings. The first-order valence-corrected chi connectivity index (χ1v) is 8.78. The van der Waals surface area contributed by atoms with Gasteiger partial charge in [-0.05, 0) is 22.9 Å². The molecule has 2 atom stereocenters. The minimum atomic E-state index is -1.32. The number of rotatable bonds is 3. The van der Waals surface area contributed by atoms with Crippen LogP contribution >= 0.6 is 0 Å². The van der Waals surface area contributed by atoms with E-state index in [1.54, 1.807) is 31.6 Å². The monoisotopic (exact) mass is 372 g/mol. The van der Waals surface area contributed by atoms with Crippen LogP contribution < -0.4 is 5.56 Å². The average molecular weight is 372 g/mol. The number of aliphatic hydroxyl groups excluding tert-OH is 1. The fourth-order valence-corrected chi connectivity index (χ4v) is 3.75. The number of hydrogen-bond donors (Lipinski definition) is 1. The SMILES string of the molecule is Cn1c(=O)c2ccccc2n2cnc(C3(C(O)c4ccccc4)C=NN=N3)c12. The lowest BCUT2D eigenvalue weighted by Crippen LogP contribution is -2.34. The molecule has 0 saturated carbocycles. The van der Waals surface area contributed by atoms with Crippen LogP contribution in [-0.4, -0.2) is 25.3 Å². The first-order chi connectivity index (χ1) is 13.6. The lowest BCUT2D eigenvalue weighted by molar-refractivity contribution is 0.120. The molecule has 0 bridgehead atoms. The van der Waals surface area contributed by atoms with Crippen molar-refractivity contribution in [3.05, 3.63) is 82.5 Å². The molecule has 8 heteroatoms. The Balaban J connectivity index is 1.84. The lowest BCUT2D eigenvalue weighted by atomic mass is 9.86. The topological polar surface area (TPSA) is 96.6 Å². The molecule has 0 amide bonds. The Labute approximate surface area is 159 Å². The van der Waals surface area contributed by atoms with Gasteiger partial charge in [-0.2, -0.15) is 0 Å². The summed E-state index contributed by atoms with van der Waals surface area (Å²) in [5.74, 6) is 0. The molecule has 1 N–H and O–H groups in total. The number of fused-ring (bicyclic) bond motifs is 3. The smallest absolute Gasteiger partial charge is 0.261 e. The maximum atomic E-state index is 12.9. The van der Waals surface area contributed by atoms with Crippen LogP contribution in [0.3, 0.4) is 0 Å². The highest BCUT2D eigenvalue weighted by atomic mass is 16.3. The molecule has 28 heavy (non-hydrogen) atoms. The molecule has 1 aliphatic heterocycles. The van der Waals surface area contributed by atoms with Gasteiger partial charge < -0.3 is 5.11 Å². The van der Waals surface area contributed by atoms with Gasteiger partial charge in [0, 0.05) is 7.05 Å². The van der Waals surface area contributed by atoms with Gasteiger partial charge in [0.25, 0.3) is 5.56 Å². The molecule has 2 aromatic carbocycles. The van der Waals surface area contributed by atoms with Crippen molar-refractivity contribution in [1.29, 1.82) is 0 Å². The highest BCUT2D eigenvalue weighted by Crippen LogP contribution is 2.41. The van der Waals surface area contributed by atoms with E-state index in [2.05, 4.69) is 20.4 Å². The van der Waals surface area contributed by atoms with Gasteiger partial charge in [0.1, 0.15) is 23.8 Å². The minimum absolute atomic E-state index is 0.152. The number of aromatic nitrogens is 3. The van der Waals surface area contributed by atoms with E-state index in [1.165, 1.54) is 10.8 Å². The Bertz CT molecular complexity index is 1310. The summed E-state index contributed by atoms with van der Waals surface area (Å²) in [7, 11) is 1.68. The van der Waals surface area contributed by atoms with Gasteiger partial charge in [-0.25, -0.2) is 4.98 Å². The Kier molecular flexibility index (Phi) is 3.50. The summed E-state index contributed by atoms with van der Waals surface area (Å²) < 4.78 is 3.35. The first kappa shape index (κ1) is 16.5. The molecule has 0 fully saturated rings. The Morgan fingerprint density at radius 1 is 1.07 bits per heavy atom. The van der Waals surface area contributed by atoms with Crippen molar-refractivity contribution >= 4 is 22.8 Å². The van der Waals surface area contributed by atoms with E-state index < -0.39 is 11.6 Å². The fourth-order valence-electron chi connectivity index (χ4n) is 3.75. The number of aryl methyl sites for hydroxylation is 1. The van der Waals surface area contributed by atoms with Crippen molar-refractivity contribution in [2.24, 2.45) is 22.5 Å². The Morgan fingerprint density at radius 3 is 2.57 bits per heavy atom. The summed E-state index contributed by atoms with van der Waals surface area (Å²) in [5, 5.41) is 23.7. The van der Waals surface area contributed by atoms with Crippen molar-refractivity contribution in [3.8, 4) is 0 Å². The van der Waals surface area contributed by atoms with Gasteiger partial charge in [0.05, 0.1) is 17.1 Å². The van der Waals surface area contributed by atoms with Crippen molar-refractivity contribution in [2.75, 3.05) is 0 Å². The van der Waals surface area contributed by atoms with Gasteiger partial charge in [-0.15, -0.1) is 10.2 Å². The van der Waals surface area contributed by atoms with Gasteiger partial charge in [0.2, 0.25) is 0 Å². The molecule has 0 aliphatic carbocycles. The normalized spacial score (nSPS) is 19.6. The summed E-state index contributed by atoms with van der Waals surface area (Å²) in [4.78, 5) is 17.5. The van der Waals surface area contributed by atoms with Crippen molar-refractivity contribution in [1.82, 2.24) is 14.0 Å². The van der Waals surface area contributed by atoms with Crippen LogP contribution in [0.15, 0.2) is 81.2 Å². The summed E-state index contributed by atoms with van der Waals surface area (Å²) in [6.45, 7) is 0. The van der Waals surface area contributed by atoms with Crippen molar-refractivity contribution in [2.45, 2.75) is 11.6 Å². The molecular weight excluding hydrogens is 356 g/mol. The maximum Gasteiger partial charge on any atom is 0.261 e. The van der Waals surface area contributed by atoms with E-state index in [4.69, 9.17) is 0 Å². The van der Waals surface area contributed by atoms with Gasteiger partial charge in [-0.1, -0.05) is 42.5 Å².